The normalized spacial score (nSPS) is 18.6. The van der Waals surface area contributed by atoms with Crippen LogP contribution in [0.5, 0.6) is 0 Å². The van der Waals surface area contributed by atoms with Gasteiger partial charge in [0.1, 0.15) is 5.54 Å². The molecule has 0 aromatic heterocycles. The maximum absolute atomic E-state index is 14.0. The van der Waals surface area contributed by atoms with E-state index >= 15 is 0 Å². The molecule has 2 aromatic rings. The summed E-state index contributed by atoms with van der Waals surface area (Å²) in [6, 6.07) is 17.8. The van der Waals surface area contributed by atoms with Gasteiger partial charge in [0.2, 0.25) is 5.91 Å². The van der Waals surface area contributed by atoms with Crippen molar-refractivity contribution in [3.63, 3.8) is 0 Å². The van der Waals surface area contributed by atoms with Crippen molar-refractivity contribution in [1.82, 2.24) is 15.1 Å². The number of methoxy groups -OCH3 is 1. The number of nitrogens with one attached hydrogen (secondary N) is 2. The van der Waals surface area contributed by atoms with Gasteiger partial charge in [0, 0.05) is 12.6 Å². The standard InChI is InChI=1S/C30H41N5O4/c1-5-24(35-27(37)30(20-21(2)3,33-28(35)32)23-15-10-7-11-16-23)17-12-18-34(29(38)39-4)26(36)25(31)19-22-13-8-6-9-14-22/h6-11,13-16,21,24-25H,5,12,17-20,31H2,1-4H3,(H2,32,33)/t24?,25-,30?/m0/s1. The van der Waals surface area contributed by atoms with Crippen LogP contribution in [0.4, 0.5) is 4.79 Å². The molecule has 0 spiro atoms. The first-order valence-corrected chi connectivity index (χ1v) is 13.6. The topological polar surface area (TPSA) is 129 Å². The van der Waals surface area contributed by atoms with Crippen LogP contribution in [-0.2, 0) is 26.3 Å². The highest BCUT2D eigenvalue weighted by Gasteiger charge is 2.52. The quantitative estimate of drug-likeness (QED) is 0.377. The van der Waals surface area contributed by atoms with Gasteiger partial charge in [-0.05, 0) is 49.1 Å². The van der Waals surface area contributed by atoms with E-state index in [-0.39, 0.29) is 30.4 Å². The molecule has 0 aliphatic carbocycles. The Morgan fingerprint density at radius 2 is 1.72 bits per heavy atom. The zero-order valence-corrected chi connectivity index (χ0v) is 23.4. The van der Waals surface area contributed by atoms with Crippen molar-refractivity contribution in [2.75, 3.05) is 13.7 Å². The average molecular weight is 536 g/mol. The van der Waals surface area contributed by atoms with E-state index < -0.39 is 23.6 Å². The van der Waals surface area contributed by atoms with Crippen molar-refractivity contribution in [3.8, 4) is 0 Å². The minimum absolute atomic E-state index is 0.0714. The van der Waals surface area contributed by atoms with Crippen LogP contribution in [-0.4, -0.2) is 59.4 Å². The molecule has 0 bridgehead atoms. The fourth-order valence-corrected chi connectivity index (χ4v) is 5.32. The molecule has 1 aliphatic heterocycles. The van der Waals surface area contributed by atoms with Crippen LogP contribution < -0.4 is 11.1 Å². The van der Waals surface area contributed by atoms with Crippen LogP contribution in [0.1, 0.15) is 57.6 Å². The average Bonchev–Trinajstić information content (AvgIpc) is 3.18. The summed E-state index contributed by atoms with van der Waals surface area (Å²) in [5, 5.41) is 11.9. The third-order valence-corrected chi connectivity index (χ3v) is 7.17. The molecule has 4 N–H and O–H groups in total. The van der Waals surface area contributed by atoms with Gasteiger partial charge in [0.05, 0.1) is 13.2 Å². The first kappa shape index (κ1) is 29.8. The van der Waals surface area contributed by atoms with Crippen molar-refractivity contribution in [2.24, 2.45) is 11.7 Å². The van der Waals surface area contributed by atoms with Crippen LogP contribution in [0.2, 0.25) is 0 Å². The number of hydrogen-bond donors (Lipinski definition) is 3. The summed E-state index contributed by atoms with van der Waals surface area (Å²) < 4.78 is 4.87. The number of carbonyl (C=O) groups excluding carboxylic acids is 3. The Hall–Kier alpha value is -3.72. The maximum atomic E-state index is 14.0. The van der Waals surface area contributed by atoms with Gasteiger partial charge in [-0.2, -0.15) is 0 Å². The smallest absolute Gasteiger partial charge is 0.416 e. The molecule has 39 heavy (non-hydrogen) atoms. The number of ether oxygens (including phenoxy) is 1. The number of guanidine groups is 1. The highest BCUT2D eigenvalue weighted by atomic mass is 16.5. The summed E-state index contributed by atoms with van der Waals surface area (Å²) in [6.45, 7) is 6.19. The summed E-state index contributed by atoms with van der Waals surface area (Å²) in [5.41, 5.74) is 6.90. The Labute approximate surface area is 231 Å². The van der Waals surface area contributed by atoms with E-state index in [4.69, 9.17) is 15.9 Å². The van der Waals surface area contributed by atoms with E-state index in [1.807, 2.05) is 67.6 Å². The molecule has 2 aromatic carbocycles. The zero-order chi connectivity index (χ0) is 28.6. The van der Waals surface area contributed by atoms with E-state index in [0.717, 1.165) is 16.0 Å². The Bertz CT molecular complexity index is 1140. The summed E-state index contributed by atoms with van der Waals surface area (Å²) >= 11 is 0. The van der Waals surface area contributed by atoms with Crippen LogP contribution >= 0.6 is 0 Å². The van der Waals surface area contributed by atoms with Crippen LogP contribution in [0.15, 0.2) is 60.7 Å². The second-order valence-corrected chi connectivity index (χ2v) is 10.5. The van der Waals surface area contributed by atoms with Crippen molar-refractivity contribution in [1.29, 1.82) is 5.41 Å². The molecule has 0 saturated carbocycles. The summed E-state index contributed by atoms with van der Waals surface area (Å²) in [7, 11) is 1.23. The van der Waals surface area contributed by atoms with Crippen molar-refractivity contribution in [2.45, 2.75) is 70.5 Å². The van der Waals surface area contributed by atoms with Crippen LogP contribution in [0.3, 0.4) is 0 Å². The number of imide groups is 1. The van der Waals surface area contributed by atoms with Gasteiger partial charge in [-0.1, -0.05) is 81.4 Å². The van der Waals surface area contributed by atoms with Gasteiger partial charge in [-0.3, -0.25) is 19.9 Å². The second-order valence-electron chi connectivity index (χ2n) is 10.5. The molecule has 210 valence electrons. The van der Waals surface area contributed by atoms with E-state index in [1.165, 1.54) is 7.11 Å². The molecule has 2 unspecified atom stereocenters. The molecular formula is C30H41N5O4. The first-order chi connectivity index (χ1) is 18.6. The third kappa shape index (κ3) is 6.84. The lowest BCUT2D eigenvalue weighted by molar-refractivity contribution is -0.134. The Balaban J connectivity index is 1.72. The molecule has 9 nitrogen and oxygen atoms in total. The third-order valence-electron chi connectivity index (χ3n) is 7.17. The zero-order valence-electron chi connectivity index (χ0n) is 23.4. The fourth-order valence-electron chi connectivity index (χ4n) is 5.32. The van der Waals surface area contributed by atoms with Gasteiger partial charge in [-0.25, -0.2) is 9.69 Å². The largest absolute Gasteiger partial charge is 0.452 e. The van der Waals surface area contributed by atoms with Crippen LogP contribution in [0, 0.1) is 11.3 Å². The molecular weight excluding hydrogens is 494 g/mol. The Kier molecular flexibility index (Phi) is 10.2. The molecule has 1 saturated heterocycles. The lowest BCUT2D eigenvalue weighted by Gasteiger charge is -2.31. The molecule has 1 heterocycles. The molecule has 3 rings (SSSR count). The summed E-state index contributed by atoms with van der Waals surface area (Å²) in [6.07, 6.45) is 1.62. The van der Waals surface area contributed by atoms with Gasteiger partial charge < -0.3 is 15.8 Å². The van der Waals surface area contributed by atoms with Gasteiger partial charge in [0.25, 0.3) is 5.91 Å². The molecule has 3 atom stereocenters. The predicted molar refractivity (Wildman–Crippen MR) is 151 cm³/mol. The monoisotopic (exact) mass is 535 g/mol. The molecule has 1 aliphatic rings. The van der Waals surface area contributed by atoms with Crippen LogP contribution in [0.25, 0.3) is 0 Å². The fraction of sp³-hybridized carbons (Fsp3) is 0.467. The number of nitrogens with two attached hydrogens (primary N) is 1. The minimum atomic E-state index is -1.00. The number of nitrogens with zero attached hydrogens (tertiary/aromatic N) is 2. The number of hydrogen-bond acceptors (Lipinski definition) is 6. The second kappa shape index (κ2) is 13.4. The van der Waals surface area contributed by atoms with Crippen molar-refractivity contribution >= 4 is 23.9 Å². The van der Waals surface area contributed by atoms with Gasteiger partial charge >= 0.3 is 6.09 Å². The van der Waals surface area contributed by atoms with E-state index in [0.29, 0.717) is 32.1 Å². The van der Waals surface area contributed by atoms with E-state index in [1.54, 1.807) is 4.90 Å². The highest BCUT2D eigenvalue weighted by Crippen LogP contribution is 2.36. The van der Waals surface area contributed by atoms with E-state index in [9.17, 15) is 14.4 Å². The highest BCUT2D eigenvalue weighted by molar-refractivity contribution is 6.08. The predicted octanol–water partition coefficient (Wildman–Crippen LogP) is 4.02. The van der Waals surface area contributed by atoms with Gasteiger partial charge in [-0.15, -0.1) is 0 Å². The SMILES string of the molecule is CCC(CCCN(C(=O)OC)C(=O)[C@@H](N)Cc1ccccc1)N1C(=N)NC(CC(C)C)(c2ccccc2)C1=O. The number of benzene rings is 2. The summed E-state index contributed by atoms with van der Waals surface area (Å²) in [4.78, 5) is 42.1. The molecule has 9 heteroatoms. The number of carbonyl (C=O) groups is 3. The van der Waals surface area contributed by atoms with Gasteiger partial charge in [0.15, 0.2) is 5.96 Å². The Morgan fingerprint density at radius 3 is 2.28 bits per heavy atom. The maximum Gasteiger partial charge on any atom is 0.416 e. The molecule has 0 radical (unpaired) electrons. The van der Waals surface area contributed by atoms with Crippen molar-refractivity contribution in [3.05, 3.63) is 71.8 Å². The molecule has 1 fully saturated rings. The Morgan fingerprint density at radius 1 is 1.10 bits per heavy atom. The minimum Gasteiger partial charge on any atom is -0.452 e. The van der Waals surface area contributed by atoms with Crippen molar-refractivity contribution < 1.29 is 19.1 Å². The van der Waals surface area contributed by atoms with E-state index in [2.05, 4.69) is 19.2 Å². The lowest BCUT2D eigenvalue weighted by atomic mass is 9.82. The first-order valence-electron chi connectivity index (χ1n) is 13.6. The number of amides is 3. The summed E-state index contributed by atoms with van der Waals surface area (Å²) in [5.74, 6) is -0.369. The molecule has 3 amide bonds. The number of rotatable bonds is 12. The lowest BCUT2D eigenvalue weighted by Crippen LogP contribution is -2.48.